The van der Waals surface area contributed by atoms with Crippen molar-refractivity contribution in [3.05, 3.63) is 60.2 Å². The standard InChI is InChI=1S/C32H37F8N5O6/c1-7-11-18(8-2)17-49-30(32(38,39)40,12-9-10-13-41-19-15-29(33,34)16-19)26-45-44-24(50-26)23-21(42-27(47)51-28(3,4)5)14-20(31(35,36)37)22(43-23)25(46)48-6/h7-8,11,14,19,41H,1-2,9-10,12-13,15-17H2,3-6H3,(H,42,47)/b18-11+. The second kappa shape index (κ2) is 15.9. The molecule has 1 fully saturated rings. The zero-order valence-corrected chi connectivity index (χ0v) is 28.1. The maximum absolute atomic E-state index is 15.1. The lowest BCUT2D eigenvalue weighted by atomic mass is 9.88. The van der Waals surface area contributed by atoms with Crippen LogP contribution in [0.4, 0.5) is 45.6 Å². The van der Waals surface area contributed by atoms with Crippen molar-refractivity contribution in [3.8, 4) is 11.6 Å². The summed E-state index contributed by atoms with van der Waals surface area (Å²) < 4.78 is 134. The monoisotopic (exact) mass is 739 g/mol. The van der Waals surface area contributed by atoms with Crippen LogP contribution in [0.25, 0.3) is 11.6 Å². The topological polar surface area (TPSA) is 138 Å². The van der Waals surface area contributed by atoms with Gasteiger partial charge in [0.2, 0.25) is 5.60 Å². The Bertz CT molecular complexity index is 1610. The van der Waals surface area contributed by atoms with Gasteiger partial charge in [0.05, 0.1) is 25.0 Å². The number of pyridine rings is 1. The fourth-order valence-corrected chi connectivity index (χ4v) is 4.86. The first kappa shape index (κ1) is 41.0. The van der Waals surface area contributed by atoms with E-state index in [1.54, 1.807) is 0 Å². The summed E-state index contributed by atoms with van der Waals surface area (Å²) in [4.78, 5) is 28.6. The zero-order chi connectivity index (χ0) is 38.4. The lowest BCUT2D eigenvalue weighted by molar-refractivity contribution is -0.293. The van der Waals surface area contributed by atoms with E-state index < -0.39 is 108 Å². The van der Waals surface area contributed by atoms with Gasteiger partial charge in [-0.25, -0.2) is 23.4 Å². The molecule has 0 radical (unpaired) electrons. The minimum Gasteiger partial charge on any atom is -0.464 e. The van der Waals surface area contributed by atoms with Crippen molar-refractivity contribution in [2.45, 2.75) is 88.4 Å². The number of rotatable bonds is 15. The van der Waals surface area contributed by atoms with Crippen molar-refractivity contribution in [3.63, 3.8) is 0 Å². The second-order valence-electron chi connectivity index (χ2n) is 12.5. The van der Waals surface area contributed by atoms with E-state index in [4.69, 9.17) is 13.9 Å². The molecule has 51 heavy (non-hydrogen) atoms. The number of esters is 1. The third-order valence-corrected chi connectivity index (χ3v) is 7.33. The van der Waals surface area contributed by atoms with Crippen LogP contribution in [0.1, 0.15) is 74.8 Å². The maximum Gasteiger partial charge on any atom is 0.426 e. The molecule has 1 aliphatic rings. The number of nitrogens with zero attached hydrogens (tertiary/aromatic N) is 3. The van der Waals surface area contributed by atoms with Crippen LogP contribution in [0.15, 0.2) is 47.4 Å². The van der Waals surface area contributed by atoms with E-state index in [-0.39, 0.29) is 31.0 Å². The fraction of sp³-hybridized carbons (Fsp3) is 0.531. The van der Waals surface area contributed by atoms with Crippen LogP contribution in [0, 0.1) is 0 Å². The van der Waals surface area contributed by atoms with Crippen molar-refractivity contribution in [1.82, 2.24) is 20.5 Å². The number of unbranched alkanes of at least 4 members (excludes halogenated alkanes) is 1. The van der Waals surface area contributed by atoms with Gasteiger partial charge in [-0.05, 0) is 58.2 Å². The molecule has 2 aromatic heterocycles. The number of carbonyl (C=O) groups is 2. The van der Waals surface area contributed by atoms with Crippen molar-refractivity contribution in [2.75, 3.05) is 25.6 Å². The Kier molecular flexibility index (Phi) is 12.8. The number of alkyl halides is 8. The predicted octanol–water partition coefficient (Wildman–Crippen LogP) is 7.91. The summed E-state index contributed by atoms with van der Waals surface area (Å²) >= 11 is 0. The molecule has 1 saturated carbocycles. The molecule has 1 unspecified atom stereocenters. The van der Waals surface area contributed by atoms with Crippen LogP contribution in [0.2, 0.25) is 0 Å². The number of allylic oxidation sites excluding steroid dienone is 2. The van der Waals surface area contributed by atoms with Gasteiger partial charge >= 0.3 is 24.4 Å². The Morgan fingerprint density at radius 1 is 1.08 bits per heavy atom. The molecule has 19 heteroatoms. The Hall–Kier alpha value is -4.39. The van der Waals surface area contributed by atoms with Gasteiger partial charge in [-0.2, -0.15) is 26.3 Å². The van der Waals surface area contributed by atoms with Gasteiger partial charge in [0, 0.05) is 18.9 Å². The van der Waals surface area contributed by atoms with E-state index in [0.717, 1.165) is 7.11 Å². The highest BCUT2D eigenvalue weighted by Gasteiger charge is 2.61. The Balaban J connectivity index is 2.12. The molecule has 2 heterocycles. The lowest BCUT2D eigenvalue weighted by Crippen LogP contribution is -2.48. The third kappa shape index (κ3) is 10.6. The minimum absolute atomic E-state index is 0.0774. The molecule has 0 spiro atoms. The van der Waals surface area contributed by atoms with Gasteiger partial charge in [-0.15, -0.1) is 10.2 Å². The van der Waals surface area contributed by atoms with E-state index in [9.17, 15) is 31.5 Å². The molecule has 0 aromatic carbocycles. The van der Waals surface area contributed by atoms with Crippen molar-refractivity contribution in [2.24, 2.45) is 0 Å². The molecule has 1 amide bonds. The number of nitrogens with one attached hydrogen (secondary N) is 2. The molecule has 0 saturated heterocycles. The van der Waals surface area contributed by atoms with Crippen LogP contribution >= 0.6 is 0 Å². The predicted molar refractivity (Wildman–Crippen MR) is 166 cm³/mol. The third-order valence-electron chi connectivity index (χ3n) is 7.33. The number of ether oxygens (including phenoxy) is 3. The first-order chi connectivity index (χ1) is 23.6. The first-order valence-corrected chi connectivity index (χ1v) is 15.4. The Labute approximate surface area is 287 Å². The fourth-order valence-electron chi connectivity index (χ4n) is 4.86. The maximum atomic E-state index is 15.1. The summed E-state index contributed by atoms with van der Waals surface area (Å²) in [6, 6.07) is -0.201. The summed E-state index contributed by atoms with van der Waals surface area (Å²) in [5.74, 6) is -6.50. The van der Waals surface area contributed by atoms with Gasteiger partial charge in [0.1, 0.15) is 5.60 Å². The highest BCUT2D eigenvalue weighted by Crippen LogP contribution is 2.47. The highest BCUT2D eigenvalue weighted by molar-refractivity contribution is 5.94. The molecule has 3 rings (SSSR count). The van der Waals surface area contributed by atoms with E-state index >= 15 is 13.2 Å². The molecule has 1 atom stereocenters. The second-order valence-corrected chi connectivity index (χ2v) is 12.5. The largest absolute Gasteiger partial charge is 0.464 e. The Morgan fingerprint density at radius 3 is 2.27 bits per heavy atom. The van der Waals surface area contributed by atoms with Crippen molar-refractivity contribution >= 4 is 17.7 Å². The number of anilines is 1. The molecule has 282 valence electrons. The summed E-state index contributed by atoms with van der Waals surface area (Å²) in [5, 5.41) is 12.0. The zero-order valence-electron chi connectivity index (χ0n) is 28.1. The van der Waals surface area contributed by atoms with E-state index in [2.05, 4.69) is 38.4 Å². The molecule has 1 aliphatic carbocycles. The average molecular weight is 740 g/mol. The van der Waals surface area contributed by atoms with Gasteiger partial charge in [0.15, 0.2) is 11.4 Å². The van der Waals surface area contributed by atoms with Crippen molar-refractivity contribution < 1.29 is 63.3 Å². The molecule has 2 N–H and O–H groups in total. The van der Waals surface area contributed by atoms with Gasteiger partial charge in [-0.1, -0.05) is 31.4 Å². The number of hydrogen-bond donors (Lipinski definition) is 2. The van der Waals surface area contributed by atoms with E-state index in [0.29, 0.717) is 0 Å². The highest BCUT2D eigenvalue weighted by atomic mass is 19.4. The van der Waals surface area contributed by atoms with Crippen LogP contribution in [0.3, 0.4) is 0 Å². The lowest BCUT2D eigenvalue weighted by Gasteiger charge is -2.35. The molecular formula is C32H37F8N5O6. The molecule has 11 nitrogen and oxygen atoms in total. The quantitative estimate of drug-likeness (QED) is 0.0802. The molecule has 0 bridgehead atoms. The summed E-state index contributed by atoms with van der Waals surface area (Å²) in [7, 11) is 0.770. The molecule has 0 aliphatic heterocycles. The number of carbonyl (C=O) groups excluding carboxylic acids is 2. The van der Waals surface area contributed by atoms with E-state index in [1.165, 1.54) is 39.0 Å². The number of hydrogen-bond acceptors (Lipinski definition) is 10. The van der Waals surface area contributed by atoms with E-state index in [1.807, 2.05) is 5.32 Å². The number of methoxy groups -OCH3 is 1. The normalized spacial score (nSPS) is 16.5. The number of halogens is 8. The average Bonchev–Trinajstić information content (AvgIpc) is 3.48. The van der Waals surface area contributed by atoms with Crippen LogP contribution in [-0.2, 0) is 26.0 Å². The van der Waals surface area contributed by atoms with Crippen LogP contribution in [-0.4, -0.2) is 71.2 Å². The summed E-state index contributed by atoms with van der Waals surface area (Å²) in [6.45, 7) is 10.8. The van der Waals surface area contributed by atoms with Gasteiger partial charge < -0.3 is 23.9 Å². The summed E-state index contributed by atoms with van der Waals surface area (Å²) in [6.07, 6.45) is -9.70. The minimum atomic E-state index is -5.26. The smallest absolute Gasteiger partial charge is 0.426 e. The Morgan fingerprint density at radius 2 is 1.75 bits per heavy atom. The first-order valence-electron chi connectivity index (χ1n) is 15.4. The number of amides is 1. The SMILES string of the molecule is C=C/C=C(\C=C)COC(CCCCNC1CC(F)(F)C1)(c1nnc(-c2nc(C(=O)OC)c(C(F)(F)F)cc2NC(=O)OC(C)(C)C)o1)C(F)(F)F. The van der Waals surface area contributed by atoms with Crippen molar-refractivity contribution in [1.29, 1.82) is 0 Å². The van der Waals surface area contributed by atoms with Crippen LogP contribution < -0.4 is 10.6 Å². The number of aromatic nitrogens is 3. The van der Waals surface area contributed by atoms with Gasteiger partial charge in [-0.3, -0.25) is 5.32 Å². The molecule has 2 aromatic rings. The molecular weight excluding hydrogens is 702 g/mol. The summed E-state index contributed by atoms with van der Waals surface area (Å²) in [5.41, 5.74) is -8.93. The van der Waals surface area contributed by atoms with Gasteiger partial charge in [0.25, 0.3) is 17.7 Å². The van der Waals surface area contributed by atoms with Crippen LogP contribution in [0.5, 0.6) is 0 Å².